The molecular formula is C30H38N2O. The van der Waals surface area contributed by atoms with Gasteiger partial charge in [-0.2, -0.15) is 0 Å². The van der Waals surface area contributed by atoms with Gasteiger partial charge in [0.05, 0.1) is 7.11 Å². The van der Waals surface area contributed by atoms with Gasteiger partial charge in [0.1, 0.15) is 5.75 Å². The first-order valence-corrected chi connectivity index (χ1v) is 12.2. The fourth-order valence-electron chi connectivity index (χ4n) is 5.04. The third kappa shape index (κ3) is 5.66. The molecule has 174 valence electrons. The van der Waals surface area contributed by atoms with E-state index in [0.29, 0.717) is 18.0 Å². The lowest BCUT2D eigenvalue weighted by molar-refractivity contribution is 0.278. The van der Waals surface area contributed by atoms with E-state index >= 15 is 0 Å². The summed E-state index contributed by atoms with van der Waals surface area (Å²) in [5, 5.41) is 7.79. The van der Waals surface area contributed by atoms with Gasteiger partial charge in [0.15, 0.2) is 0 Å². The number of rotatable bonds is 7. The molecule has 2 unspecified atom stereocenters. The summed E-state index contributed by atoms with van der Waals surface area (Å²) < 4.78 is 5.71. The first-order valence-electron chi connectivity index (χ1n) is 12.2. The number of methoxy groups -OCH3 is 1. The number of piperidine rings is 1. The van der Waals surface area contributed by atoms with Gasteiger partial charge in [0, 0.05) is 30.1 Å². The van der Waals surface area contributed by atoms with E-state index in [4.69, 9.17) is 4.74 Å². The molecule has 3 aromatic carbocycles. The summed E-state index contributed by atoms with van der Waals surface area (Å²) in [4.78, 5) is 0. The fraction of sp³-hybridized carbons (Fsp3) is 0.400. The van der Waals surface area contributed by atoms with Crippen molar-refractivity contribution < 1.29 is 4.74 Å². The molecule has 0 aromatic heterocycles. The van der Waals surface area contributed by atoms with Crippen molar-refractivity contribution >= 4 is 0 Å². The Labute approximate surface area is 199 Å². The average Bonchev–Trinajstić information content (AvgIpc) is 2.84. The second-order valence-electron chi connectivity index (χ2n) is 10.2. The van der Waals surface area contributed by atoms with Crippen LogP contribution in [0.5, 0.6) is 5.75 Å². The van der Waals surface area contributed by atoms with Crippen LogP contribution in [0.1, 0.15) is 61.8 Å². The smallest absolute Gasteiger partial charge is 0.123 e. The number of benzene rings is 3. The fourth-order valence-corrected chi connectivity index (χ4v) is 5.04. The highest BCUT2D eigenvalue weighted by Gasteiger charge is 2.33. The molecule has 0 bridgehead atoms. The second kappa shape index (κ2) is 10.5. The van der Waals surface area contributed by atoms with Crippen molar-refractivity contribution in [2.75, 3.05) is 13.7 Å². The van der Waals surface area contributed by atoms with Crippen LogP contribution in [0, 0.1) is 0 Å². The molecule has 0 aliphatic carbocycles. The van der Waals surface area contributed by atoms with Gasteiger partial charge in [-0.25, -0.2) is 0 Å². The number of hydrogen-bond donors (Lipinski definition) is 2. The van der Waals surface area contributed by atoms with E-state index in [-0.39, 0.29) is 5.41 Å². The Bertz CT molecular complexity index is 971. The second-order valence-corrected chi connectivity index (χ2v) is 10.2. The molecule has 1 aliphatic heterocycles. The molecule has 0 spiro atoms. The molecule has 1 aliphatic rings. The van der Waals surface area contributed by atoms with Crippen LogP contribution in [0.3, 0.4) is 0 Å². The van der Waals surface area contributed by atoms with E-state index in [1.807, 2.05) is 0 Å². The van der Waals surface area contributed by atoms with Gasteiger partial charge in [-0.3, -0.25) is 0 Å². The van der Waals surface area contributed by atoms with Crippen LogP contribution >= 0.6 is 0 Å². The lowest BCUT2D eigenvalue weighted by atomic mass is 9.79. The molecule has 3 nitrogen and oxygen atoms in total. The van der Waals surface area contributed by atoms with E-state index in [9.17, 15) is 0 Å². The maximum absolute atomic E-state index is 5.71. The number of nitrogens with one attached hydrogen (secondary N) is 2. The van der Waals surface area contributed by atoms with Crippen LogP contribution in [0.25, 0.3) is 0 Å². The molecule has 3 heteroatoms. The van der Waals surface area contributed by atoms with Crippen molar-refractivity contribution in [3.05, 3.63) is 101 Å². The Morgan fingerprint density at radius 1 is 0.939 bits per heavy atom. The number of ether oxygens (including phenoxy) is 1. The molecule has 1 heterocycles. The van der Waals surface area contributed by atoms with Gasteiger partial charge in [-0.05, 0) is 47.6 Å². The van der Waals surface area contributed by atoms with Gasteiger partial charge in [-0.15, -0.1) is 0 Å². The van der Waals surface area contributed by atoms with Crippen molar-refractivity contribution in [1.29, 1.82) is 0 Å². The molecule has 0 amide bonds. The normalized spacial score (nSPS) is 18.9. The molecule has 2 N–H and O–H groups in total. The largest absolute Gasteiger partial charge is 0.496 e. The summed E-state index contributed by atoms with van der Waals surface area (Å²) in [7, 11) is 1.77. The zero-order valence-electron chi connectivity index (χ0n) is 20.5. The van der Waals surface area contributed by atoms with Gasteiger partial charge in [0.25, 0.3) is 0 Å². The minimum absolute atomic E-state index is 0.113. The van der Waals surface area contributed by atoms with Gasteiger partial charge < -0.3 is 15.4 Å². The third-order valence-electron chi connectivity index (χ3n) is 6.88. The van der Waals surface area contributed by atoms with E-state index in [1.165, 1.54) is 28.7 Å². The van der Waals surface area contributed by atoms with Crippen LogP contribution in [-0.4, -0.2) is 25.7 Å². The van der Waals surface area contributed by atoms with Crippen LogP contribution < -0.4 is 15.4 Å². The monoisotopic (exact) mass is 442 g/mol. The number of hydrogen-bond acceptors (Lipinski definition) is 3. The van der Waals surface area contributed by atoms with Crippen molar-refractivity contribution in [2.24, 2.45) is 0 Å². The third-order valence-corrected chi connectivity index (χ3v) is 6.88. The summed E-state index contributed by atoms with van der Waals surface area (Å²) in [5.74, 6) is 1.26. The van der Waals surface area contributed by atoms with E-state index in [0.717, 1.165) is 25.3 Å². The minimum Gasteiger partial charge on any atom is -0.496 e. The Balaban J connectivity index is 1.61. The Kier molecular flexibility index (Phi) is 7.52. The summed E-state index contributed by atoms with van der Waals surface area (Å²) >= 11 is 0. The van der Waals surface area contributed by atoms with Crippen molar-refractivity contribution in [3.63, 3.8) is 0 Å². The zero-order chi connectivity index (χ0) is 23.3. The van der Waals surface area contributed by atoms with E-state index in [2.05, 4.69) is 110 Å². The first-order chi connectivity index (χ1) is 16.0. The first kappa shape index (κ1) is 23.5. The molecule has 3 aromatic rings. The summed E-state index contributed by atoms with van der Waals surface area (Å²) in [6.07, 6.45) is 2.35. The molecule has 1 fully saturated rings. The molecule has 1 saturated heterocycles. The quantitative estimate of drug-likeness (QED) is 0.468. The molecule has 33 heavy (non-hydrogen) atoms. The van der Waals surface area contributed by atoms with Crippen molar-refractivity contribution in [3.8, 4) is 5.75 Å². The van der Waals surface area contributed by atoms with Crippen LogP contribution in [0.15, 0.2) is 78.9 Å². The average molecular weight is 443 g/mol. The maximum Gasteiger partial charge on any atom is 0.123 e. The summed E-state index contributed by atoms with van der Waals surface area (Å²) in [6.45, 7) is 8.64. The highest BCUT2D eigenvalue weighted by Crippen LogP contribution is 2.33. The van der Waals surface area contributed by atoms with E-state index in [1.54, 1.807) is 7.11 Å². The lowest BCUT2D eigenvalue weighted by Gasteiger charge is -2.39. The van der Waals surface area contributed by atoms with E-state index < -0.39 is 0 Å². The Morgan fingerprint density at radius 2 is 1.58 bits per heavy atom. The lowest BCUT2D eigenvalue weighted by Crippen LogP contribution is -2.54. The molecule has 4 rings (SSSR count). The highest BCUT2D eigenvalue weighted by molar-refractivity contribution is 5.40. The van der Waals surface area contributed by atoms with Gasteiger partial charge in [0.2, 0.25) is 0 Å². The minimum atomic E-state index is 0.113. The van der Waals surface area contributed by atoms with Gasteiger partial charge in [-0.1, -0.05) is 93.6 Å². The molecule has 0 radical (unpaired) electrons. The van der Waals surface area contributed by atoms with Gasteiger partial charge >= 0.3 is 0 Å². The molecular weight excluding hydrogens is 404 g/mol. The maximum atomic E-state index is 5.71. The van der Waals surface area contributed by atoms with Crippen molar-refractivity contribution in [1.82, 2.24) is 10.6 Å². The van der Waals surface area contributed by atoms with Crippen LogP contribution in [0.2, 0.25) is 0 Å². The predicted octanol–water partition coefficient (Wildman–Crippen LogP) is 6.04. The standard InChI is InChI=1S/C30H38N2O/c1-30(2,3)25-17-18-27(33-4)24(20-25)21-32-26-16-11-19-31-29(26)28(22-12-7-5-8-13-22)23-14-9-6-10-15-23/h5-10,12-15,17-18,20,26,28-29,31-32H,11,16,19,21H2,1-4H3. The highest BCUT2D eigenvalue weighted by atomic mass is 16.5. The SMILES string of the molecule is COc1ccc(C(C)(C)C)cc1CNC1CCCNC1C(c1ccccc1)c1ccccc1. The summed E-state index contributed by atoms with van der Waals surface area (Å²) in [5.41, 5.74) is 5.40. The molecule has 2 atom stereocenters. The summed E-state index contributed by atoms with van der Waals surface area (Å²) in [6, 6.07) is 29.2. The molecule has 0 saturated carbocycles. The van der Waals surface area contributed by atoms with Crippen LogP contribution in [-0.2, 0) is 12.0 Å². The van der Waals surface area contributed by atoms with Crippen LogP contribution in [0.4, 0.5) is 0 Å². The topological polar surface area (TPSA) is 33.3 Å². The Morgan fingerprint density at radius 3 is 2.15 bits per heavy atom. The van der Waals surface area contributed by atoms with Crippen molar-refractivity contribution in [2.45, 2.75) is 63.6 Å². The predicted molar refractivity (Wildman–Crippen MR) is 138 cm³/mol. The zero-order valence-corrected chi connectivity index (χ0v) is 20.5. The Hall–Kier alpha value is -2.62.